The molecule has 0 aromatic heterocycles. The van der Waals surface area contributed by atoms with E-state index in [-0.39, 0.29) is 26.0 Å². The lowest BCUT2D eigenvalue weighted by Crippen LogP contribution is -2.63. The van der Waals surface area contributed by atoms with Gasteiger partial charge in [0.25, 0.3) is 0 Å². The number of likely N-dealkylation sites (tertiary alicyclic amines) is 1. The normalized spacial score (nSPS) is 17.0. The Bertz CT molecular complexity index is 1320. The molecular weight excluding hydrogens is 580 g/mol. The summed E-state index contributed by atoms with van der Waals surface area (Å²) >= 11 is 0. The van der Waals surface area contributed by atoms with E-state index in [9.17, 15) is 29.1 Å². The van der Waals surface area contributed by atoms with Gasteiger partial charge in [-0.3, -0.25) is 14.4 Å². The van der Waals surface area contributed by atoms with Crippen LogP contribution in [0.1, 0.15) is 68.3 Å². The number of hydrogen-bond donors (Lipinski definition) is 4. The monoisotopic (exact) mass is 624 g/mol. The predicted octanol–water partition coefficient (Wildman–Crippen LogP) is 2.44. The molecule has 0 radical (unpaired) electrons. The standard InChI is InChI=1S/C33H44N4O8/c1-4-33(2,36-28(38)25(34)13-8-9-20-45-31(42)23-11-6-5-7-12-23)32(43)35-26(21-22-15-17-24(44-3)18-16-22)29(39)37-19-10-14-27(37)30(40)41/h5-7,11-12,15-18,25-27H,4,8-10,13-14,19-21,34H2,1-3H3,(H,35,43)(H,36,38)(H,40,41)/t25-,26-,27+,33-/m0/s1. The maximum absolute atomic E-state index is 13.6. The minimum Gasteiger partial charge on any atom is -0.497 e. The van der Waals surface area contributed by atoms with E-state index < -0.39 is 53.3 Å². The fraction of sp³-hybridized carbons (Fsp3) is 0.485. The van der Waals surface area contributed by atoms with Crippen LogP contribution in [-0.4, -0.2) is 83.6 Å². The highest BCUT2D eigenvalue weighted by atomic mass is 16.5. The van der Waals surface area contributed by atoms with Crippen LogP contribution in [0.15, 0.2) is 54.6 Å². The third-order valence-corrected chi connectivity index (χ3v) is 8.12. The number of benzene rings is 2. The minimum atomic E-state index is -1.39. The number of rotatable bonds is 16. The van der Waals surface area contributed by atoms with E-state index in [1.165, 1.54) is 12.0 Å². The van der Waals surface area contributed by atoms with Crippen molar-refractivity contribution in [3.63, 3.8) is 0 Å². The Labute approximate surface area is 263 Å². The average molecular weight is 625 g/mol. The van der Waals surface area contributed by atoms with Crippen molar-refractivity contribution in [2.75, 3.05) is 20.3 Å². The smallest absolute Gasteiger partial charge is 0.338 e. The summed E-state index contributed by atoms with van der Waals surface area (Å²) in [5.74, 6) is -2.50. The van der Waals surface area contributed by atoms with Gasteiger partial charge in [-0.1, -0.05) is 37.3 Å². The number of esters is 1. The van der Waals surface area contributed by atoms with Crippen LogP contribution >= 0.6 is 0 Å². The fourth-order valence-electron chi connectivity index (χ4n) is 5.09. The number of amides is 3. The highest BCUT2D eigenvalue weighted by Crippen LogP contribution is 2.21. The van der Waals surface area contributed by atoms with E-state index in [2.05, 4.69) is 10.6 Å². The number of carboxylic acid groups (broad SMARTS) is 1. The molecule has 1 saturated heterocycles. The maximum atomic E-state index is 13.6. The van der Waals surface area contributed by atoms with Gasteiger partial charge in [-0.25, -0.2) is 9.59 Å². The first-order valence-corrected chi connectivity index (χ1v) is 15.3. The van der Waals surface area contributed by atoms with Crippen LogP contribution in [0.3, 0.4) is 0 Å². The van der Waals surface area contributed by atoms with Crippen LogP contribution in [0.4, 0.5) is 0 Å². The molecule has 4 atom stereocenters. The summed E-state index contributed by atoms with van der Waals surface area (Å²) in [6.45, 7) is 3.74. The molecule has 12 nitrogen and oxygen atoms in total. The van der Waals surface area contributed by atoms with Crippen molar-refractivity contribution >= 4 is 29.7 Å². The Hall–Kier alpha value is -4.45. The summed E-state index contributed by atoms with van der Waals surface area (Å²) < 4.78 is 10.5. The predicted molar refractivity (Wildman–Crippen MR) is 166 cm³/mol. The van der Waals surface area contributed by atoms with Crippen LogP contribution in [0.25, 0.3) is 0 Å². The lowest BCUT2D eigenvalue weighted by molar-refractivity contribution is -0.149. The summed E-state index contributed by atoms with van der Waals surface area (Å²) in [4.78, 5) is 65.5. The van der Waals surface area contributed by atoms with Crippen LogP contribution in [0, 0.1) is 0 Å². The van der Waals surface area contributed by atoms with E-state index in [0.717, 1.165) is 5.56 Å². The number of aliphatic carboxylic acids is 1. The molecule has 1 aliphatic heterocycles. The van der Waals surface area contributed by atoms with E-state index >= 15 is 0 Å². The number of unbranched alkanes of at least 4 members (excludes halogenated alkanes) is 1. The van der Waals surface area contributed by atoms with Crippen molar-refractivity contribution < 1.29 is 38.6 Å². The number of carbonyl (C=O) groups excluding carboxylic acids is 4. The van der Waals surface area contributed by atoms with E-state index in [1.54, 1.807) is 62.4 Å². The molecule has 244 valence electrons. The molecule has 3 amide bonds. The first-order valence-electron chi connectivity index (χ1n) is 15.3. The molecule has 45 heavy (non-hydrogen) atoms. The zero-order chi connectivity index (χ0) is 33.0. The quantitative estimate of drug-likeness (QED) is 0.161. The fourth-order valence-corrected chi connectivity index (χ4v) is 5.09. The van der Waals surface area contributed by atoms with Crippen molar-refractivity contribution in [2.45, 2.75) is 82.5 Å². The van der Waals surface area contributed by atoms with Gasteiger partial charge in [0, 0.05) is 13.0 Å². The molecule has 1 aliphatic rings. The molecule has 1 fully saturated rings. The average Bonchev–Trinajstić information content (AvgIpc) is 3.55. The van der Waals surface area contributed by atoms with Crippen molar-refractivity contribution in [3.05, 3.63) is 65.7 Å². The van der Waals surface area contributed by atoms with Gasteiger partial charge in [-0.2, -0.15) is 0 Å². The number of nitrogens with two attached hydrogens (primary N) is 1. The molecule has 2 aromatic rings. The Morgan fingerprint density at radius 3 is 2.38 bits per heavy atom. The van der Waals surface area contributed by atoms with Gasteiger partial charge < -0.3 is 35.8 Å². The topological polar surface area (TPSA) is 177 Å². The second-order valence-electron chi connectivity index (χ2n) is 11.4. The van der Waals surface area contributed by atoms with Gasteiger partial charge in [0.2, 0.25) is 17.7 Å². The third kappa shape index (κ3) is 9.77. The molecule has 2 aromatic carbocycles. The van der Waals surface area contributed by atoms with Gasteiger partial charge in [-0.05, 0) is 75.3 Å². The zero-order valence-corrected chi connectivity index (χ0v) is 26.1. The van der Waals surface area contributed by atoms with Crippen molar-refractivity contribution in [1.82, 2.24) is 15.5 Å². The molecule has 1 heterocycles. The molecule has 3 rings (SSSR count). The summed E-state index contributed by atoms with van der Waals surface area (Å²) in [5, 5.41) is 15.2. The number of nitrogens with one attached hydrogen (secondary N) is 2. The summed E-state index contributed by atoms with van der Waals surface area (Å²) in [7, 11) is 1.54. The lowest BCUT2D eigenvalue weighted by Gasteiger charge is -2.33. The Morgan fingerprint density at radius 1 is 1.07 bits per heavy atom. The first-order chi connectivity index (χ1) is 21.5. The number of carbonyl (C=O) groups is 5. The molecule has 0 unspecified atom stereocenters. The molecule has 0 aliphatic carbocycles. The maximum Gasteiger partial charge on any atom is 0.338 e. The van der Waals surface area contributed by atoms with Gasteiger partial charge in [0.15, 0.2) is 0 Å². The third-order valence-electron chi connectivity index (χ3n) is 8.12. The first kappa shape index (κ1) is 35.0. The SMILES string of the molecule is CC[C@](C)(NC(=O)[C@@H](N)CCCCOC(=O)c1ccccc1)C(=O)N[C@@H](Cc1ccc(OC)cc1)C(=O)N1CCC[C@@H]1C(=O)O. The number of ether oxygens (including phenoxy) is 2. The summed E-state index contributed by atoms with van der Waals surface area (Å²) in [6.07, 6.45) is 2.53. The number of hydrogen-bond acceptors (Lipinski definition) is 8. The number of carboxylic acids is 1. The van der Waals surface area contributed by atoms with Crippen LogP contribution in [0.5, 0.6) is 5.75 Å². The second-order valence-corrected chi connectivity index (χ2v) is 11.4. The van der Waals surface area contributed by atoms with Gasteiger partial charge in [0.1, 0.15) is 23.4 Å². The molecular formula is C33H44N4O8. The van der Waals surface area contributed by atoms with Gasteiger partial charge >= 0.3 is 11.9 Å². The Kier molecular flexibility index (Phi) is 12.9. The van der Waals surface area contributed by atoms with E-state index in [4.69, 9.17) is 15.2 Å². The van der Waals surface area contributed by atoms with E-state index in [1.807, 2.05) is 6.07 Å². The molecule has 12 heteroatoms. The lowest BCUT2D eigenvalue weighted by atomic mass is 9.95. The molecule has 0 spiro atoms. The highest BCUT2D eigenvalue weighted by molar-refractivity contribution is 5.96. The van der Waals surface area contributed by atoms with Gasteiger partial charge in [0.05, 0.1) is 25.3 Å². The van der Waals surface area contributed by atoms with Crippen LogP contribution in [0.2, 0.25) is 0 Å². The van der Waals surface area contributed by atoms with E-state index in [0.29, 0.717) is 43.4 Å². The number of methoxy groups -OCH3 is 1. The highest BCUT2D eigenvalue weighted by Gasteiger charge is 2.41. The van der Waals surface area contributed by atoms with Crippen molar-refractivity contribution in [2.24, 2.45) is 5.73 Å². The largest absolute Gasteiger partial charge is 0.497 e. The molecule has 0 saturated carbocycles. The van der Waals surface area contributed by atoms with Crippen LogP contribution in [-0.2, 0) is 30.3 Å². The molecule has 0 bridgehead atoms. The Morgan fingerprint density at radius 2 is 1.76 bits per heavy atom. The second kappa shape index (κ2) is 16.6. The van der Waals surface area contributed by atoms with Gasteiger partial charge in [-0.15, -0.1) is 0 Å². The van der Waals surface area contributed by atoms with Crippen LogP contribution < -0.4 is 21.1 Å². The summed E-state index contributed by atoms with van der Waals surface area (Å²) in [5.41, 5.74) is 5.94. The number of nitrogens with zero attached hydrogens (tertiary/aromatic N) is 1. The minimum absolute atomic E-state index is 0.111. The molecule has 5 N–H and O–H groups in total. The zero-order valence-electron chi connectivity index (χ0n) is 26.1. The summed E-state index contributed by atoms with van der Waals surface area (Å²) in [6, 6.07) is 12.7. The van der Waals surface area contributed by atoms with Crippen molar-refractivity contribution in [1.29, 1.82) is 0 Å². The Balaban J connectivity index is 1.61. The van der Waals surface area contributed by atoms with Crippen molar-refractivity contribution in [3.8, 4) is 5.75 Å².